The number of fused-ring (bicyclic) bond motifs is 1. The van der Waals surface area contributed by atoms with Crippen LogP contribution in [0.5, 0.6) is 0 Å². The second kappa shape index (κ2) is 6.91. The van der Waals surface area contributed by atoms with E-state index in [-0.39, 0.29) is 5.91 Å². The molecule has 2 aliphatic heterocycles. The van der Waals surface area contributed by atoms with Gasteiger partial charge in [0.15, 0.2) is 5.69 Å². The van der Waals surface area contributed by atoms with E-state index in [1.807, 2.05) is 29.3 Å². The van der Waals surface area contributed by atoms with Crippen LogP contribution < -0.4 is 0 Å². The summed E-state index contributed by atoms with van der Waals surface area (Å²) in [5.74, 6) is 0.0808. The zero-order valence-electron chi connectivity index (χ0n) is 14.0. The van der Waals surface area contributed by atoms with Gasteiger partial charge in [-0.15, -0.1) is 0 Å². The molecule has 0 unspecified atom stereocenters. The van der Waals surface area contributed by atoms with Crippen LogP contribution in [0.2, 0.25) is 0 Å². The molecule has 0 bridgehead atoms. The molecule has 2 aromatic heterocycles. The van der Waals surface area contributed by atoms with E-state index in [2.05, 4.69) is 14.3 Å². The summed E-state index contributed by atoms with van der Waals surface area (Å²) in [5, 5.41) is 0. The van der Waals surface area contributed by atoms with Crippen LogP contribution in [0, 0.1) is 0 Å². The lowest BCUT2D eigenvalue weighted by molar-refractivity contribution is 0.0785. The molecule has 6 heteroatoms. The largest absolute Gasteiger partial charge is 0.380 e. The number of likely N-dealkylation sites (tertiary alicyclic amines) is 1. The maximum Gasteiger partial charge on any atom is 0.274 e. The maximum absolute atomic E-state index is 13.0. The average molecular weight is 328 g/mol. The number of pyridine rings is 1. The first kappa shape index (κ1) is 15.6. The highest BCUT2D eigenvalue weighted by atomic mass is 16.5. The zero-order chi connectivity index (χ0) is 16.4. The molecule has 2 saturated heterocycles. The molecule has 128 valence electrons. The number of imidazole rings is 1. The lowest BCUT2D eigenvalue weighted by Crippen LogP contribution is -2.31. The van der Waals surface area contributed by atoms with E-state index in [1.165, 1.54) is 0 Å². The van der Waals surface area contributed by atoms with Crippen molar-refractivity contribution in [2.75, 3.05) is 39.4 Å². The first-order valence-electron chi connectivity index (χ1n) is 8.88. The summed E-state index contributed by atoms with van der Waals surface area (Å²) in [5.41, 5.74) is 2.47. The third-order valence-corrected chi connectivity index (χ3v) is 4.91. The van der Waals surface area contributed by atoms with Gasteiger partial charge in [-0.05, 0) is 31.4 Å². The van der Waals surface area contributed by atoms with Gasteiger partial charge in [0.1, 0.15) is 5.65 Å². The minimum absolute atomic E-state index is 0.0808. The summed E-state index contributed by atoms with van der Waals surface area (Å²) >= 11 is 0. The number of amides is 1. The molecule has 2 fully saturated rings. The van der Waals surface area contributed by atoms with E-state index in [4.69, 9.17) is 4.74 Å². The first-order valence-corrected chi connectivity index (χ1v) is 8.88. The van der Waals surface area contributed by atoms with Crippen LogP contribution in [-0.2, 0) is 11.3 Å². The highest BCUT2D eigenvalue weighted by Gasteiger charge is 2.26. The number of rotatable bonds is 3. The highest BCUT2D eigenvalue weighted by Crippen LogP contribution is 2.20. The van der Waals surface area contributed by atoms with Crippen LogP contribution in [0.4, 0.5) is 0 Å². The molecule has 1 amide bonds. The number of aromatic nitrogens is 2. The van der Waals surface area contributed by atoms with Crippen molar-refractivity contribution >= 4 is 11.6 Å². The van der Waals surface area contributed by atoms with Gasteiger partial charge in [0.05, 0.1) is 12.3 Å². The van der Waals surface area contributed by atoms with Gasteiger partial charge in [-0.3, -0.25) is 9.69 Å². The molecule has 4 heterocycles. The van der Waals surface area contributed by atoms with Gasteiger partial charge in [0, 0.05) is 45.5 Å². The molecule has 2 aromatic rings. The van der Waals surface area contributed by atoms with Crippen molar-refractivity contribution in [3.63, 3.8) is 0 Å². The van der Waals surface area contributed by atoms with Crippen molar-refractivity contribution < 1.29 is 9.53 Å². The van der Waals surface area contributed by atoms with Crippen molar-refractivity contribution in [1.82, 2.24) is 19.2 Å². The molecule has 6 nitrogen and oxygen atoms in total. The average Bonchev–Trinajstić information content (AvgIpc) is 3.18. The fourth-order valence-corrected chi connectivity index (χ4v) is 3.61. The van der Waals surface area contributed by atoms with Crippen LogP contribution in [0.1, 0.15) is 35.4 Å². The van der Waals surface area contributed by atoms with Gasteiger partial charge < -0.3 is 14.0 Å². The Morgan fingerprint density at radius 3 is 2.83 bits per heavy atom. The van der Waals surface area contributed by atoms with Crippen molar-refractivity contribution in [3.05, 3.63) is 35.8 Å². The fraction of sp³-hybridized carbons (Fsp3) is 0.556. The van der Waals surface area contributed by atoms with E-state index in [9.17, 15) is 4.79 Å². The van der Waals surface area contributed by atoms with E-state index in [1.54, 1.807) is 0 Å². The summed E-state index contributed by atoms with van der Waals surface area (Å²) < 4.78 is 7.62. The molecule has 4 rings (SSSR count). The van der Waals surface area contributed by atoms with Gasteiger partial charge in [0.25, 0.3) is 5.91 Å². The maximum atomic E-state index is 13.0. The van der Waals surface area contributed by atoms with E-state index >= 15 is 0 Å². The lowest BCUT2D eigenvalue weighted by atomic mass is 10.2. The molecule has 0 aliphatic carbocycles. The lowest BCUT2D eigenvalue weighted by Gasteiger charge is -2.20. The van der Waals surface area contributed by atoms with Crippen molar-refractivity contribution in [1.29, 1.82) is 0 Å². The van der Waals surface area contributed by atoms with Gasteiger partial charge in [-0.1, -0.05) is 6.07 Å². The highest BCUT2D eigenvalue weighted by molar-refractivity contribution is 5.94. The monoisotopic (exact) mass is 328 g/mol. The Labute approximate surface area is 142 Å². The second-order valence-corrected chi connectivity index (χ2v) is 6.58. The summed E-state index contributed by atoms with van der Waals surface area (Å²) in [7, 11) is 0. The number of hydrogen-bond acceptors (Lipinski definition) is 4. The quantitative estimate of drug-likeness (QED) is 0.862. The smallest absolute Gasteiger partial charge is 0.274 e. The predicted octanol–water partition coefficient (Wildman–Crippen LogP) is 1.79. The molecule has 0 saturated carbocycles. The first-order chi connectivity index (χ1) is 11.8. The van der Waals surface area contributed by atoms with Crippen molar-refractivity contribution in [3.8, 4) is 0 Å². The number of carbonyl (C=O) groups is 1. The van der Waals surface area contributed by atoms with Gasteiger partial charge in [-0.25, -0.2) is 4.98 Å². The summed E-state index contributed by atoms with van der Waals surface area (Å²) in [6, 6.07) is 5.93. The van der Waals surface area contributed by atoms with Gasteiger partial charge >= 0.3 is 0 Å². The van der Waals surface area contributed by atoms with E-state index in [0.29, 0.717) is 5.69 Å². The zero-order valence-corrected chi connectivity index (χ0v) is 14.0. The molecule has 0 radical (unpaired) electrons. The Hall–Kier alpha value is -1.92. The topological polar surface area (TPSA) is 50.1 Å². The number of nitrogens with zero attached hydrogens (tertiary/aromatic N) is 4. The Balaban J connectivity index is 1.68. The van der Waals surface area contributed by atoms with Crippen LogP contribution in [0.15, 0.2) is 24.4 Å². The van der Waals surface area contributed by atoms with E-state index in [0.717, 1.165) is 76.5 Å². The normalized spacial score (nSPS) is 19.8. The van der Waals surface area contributed by atoms with Crippen LogP contribution in [0.25, 0.3) is 5.65 Å². The summed E-state index contributed by atoms with van der Waals surface area (Å²) in [4.78, 5) is 21.9. The molecule has 0 N–H and O–H groups in total. The fourth-order valence-electron chi connectivity index (χ4n) is 3.61. The number of carbonyl (C=O) groups excluding carboxylic acids is 1. The Bertz CT molecular complexity index is 713. The predicted molar refractivity (Wildman–Crippen MR) is 91.0 cm³/mol. The van der Waals surface area contributed by atoms with Crippen molar-refractivity contribution in [2.24, 2.45) is 0 Å². The van der Waals surface area contributed by atoms with Crippen LogP contribution in [0.3, 0.4) is 0 Å². The molecule has 2 aliphatic rings. The third kappa shape index (κ3) is 3.03. The Kier molecular flexibility index (Phi) is 4.49. The molecular formula is C18H24N4O2. The molecule has 0 atom stereocenters. The molecule has 0 aromatic carbocycles. The minimum Gasteiger partial charge on any atom is -0.380 e. The number of ether oxygens (including phenoxy) is 1. The van der Waals surface area contributed by atoms with Gasteiger partial charge in [-0.2, -0.15) is 0 Å². The van der Waals surface area contributed by atoms with Gasteiger partial charge in [0.2, 0.25) is 0 Å². The standard InChI is InChI=1S/C18H24N4O2/c23-18(21-8-3-4-9-21)17-15(14-20-7-5-12-24-13-11-20)22-10-2-1-6-16(22)19-17/h1-2,6,10H,3-5,7-9,11-14H2. The Morgan fingerprint density at radius 1 is 1.08 bits per heavy atom. The van der Waals surface area contributed by atoms with Crippen LogP contribution >= 0.6 is 0 Å². The summed E-state index contributed by atoms with van der Waals surface area (Å²) in [6.07, 6.45) is 5.23. The molecule has 24 heavy (non-hydrogen) atoms. The molecule has 0 spiro atoms. The summed E-state index contributed by atoms with van der Waals surface area (Å²) in [6.45, 7) is 5.92. The Morgan fingerprint density at radius 2 is 1.96 bits per heavy atom. The van der Waals surface area contributed by atoms with E-state index < -0.39 is 0 Å². The minimum atomic E-state index is 0.0808. The number of hydrogen-bond donors (Lipinski definition) is 0. The SMILES string of the molecule is O=C(c1nc2ccccn2c1CN1CCCOCC1)N1CCCC1. The second-order valence-electron chi connectivity index (χ2n) is 6.58. The van der Waals surface area contributed by atoms with Crippen molar-refractivity contribution in [2.45, 2.75) is 25.8 Å². The molecular weight excluding hydrogens is 304 g/mol. The third-order valence-electron chi connectivity index (χ3n) is 4.91. The van der Waals surface area contributed by atoms with Crippen LogP contribution in [-0.4, -0.2) is 64.5 Å².